The van der Waals surface area contributed by atoms with Crippen molar-refractivity contribution >= 4 is 39.8 Å². The predicted molar refractivity (Wildman–Crippen MR) is 60.9 cm³/mol. The van der Waals surface area contributed by atoms with Crippen LogP contribution < -0.4 is 5.73 Å². The molecule has 0 unspecified atom stereocenters. The van der Waals surface area contributed by atoms with Crippen LogP contribution in [0.1, 0.15) is 5.56 Å². The molecule has 4 heteroatoms. The number of benzene rings is 1. The van der Waals surface area contributed by atoms with Crippen LogP contribution in [0.2, 0.25) is 10.0 Å². The van der Waals surface area contributed by atoms with Crippen LogP contribution in [0, 0.1) is 6.92 Å². The zero-order chi connectivity index (χ0) is 10.3. The zero-order valence-electron chi connectivity index (χ0n) is 7.51. The fraction of sp³-hybridized carbons (Fsp3) is 0.100. The van der Waals surface area contributed by atoms with E-state index in [1.807, 2.05) is 6.92 Å². The molecule has 0 aliphatic rings. The number of rotatable bonds is 0. The van der Waals surface area contributed by atoms with Gasteiger partial charge >= 0.3 is 0 Å². The number of nitrogen functional groups attached to an aromatic ring is 1. The molecule has 2 nitrogen and oxygen atoms in total. The van der Waals surface area contributed by atoms with Gasteiger partial charge in [0.1, 0.15) is 0 Å². The van der Waals surface area contributed by atoms with Crippen LogP contribution in [0.4, 0.5) is 5.69 Å². The maximum atomic E-state index is 6.12. The fourth-order valence-electron chi connectivity index (χ4n) is 1.37. The van der Waals surface area contributed by atoms with Gasteiger partial charge in [-0.2, -0.15) is 0 Å². The van der Waals surface area contributed by atoms with E-state index in [1.165, 1.54) is 0 Å². The molecular formula is C10H8Cl2N2. The highest BCUT2D eigenvalue weighted by Gasteiger charge is 2.07. The Bertz CT molecular complexity index is 509. The number of aryl methyl sites for hydroxylation is 1. The van der Waals surface area contributed by atoms with Crippen molar-refractivity contribution in [2.45, 2.75) is 6.92 Å². The van der Waals surface area contributed by atoms with E-state index < -0.39 is 0 Å². The standard InChI is InChI=1S/C10H8Cl2N2/c1-5-2-8(11)10-7(9(5)12)3-6(13)4-14-10/h2-4H,13H2,1H3. The van der Waals surface area contributed by atoms with Crippen LogP contribution in [-0.4, -0.2) is 4.98 Å². The van der Waals surface area contributed by atoms with Crippen LogP contribution in [-0.2, 0) is 0 Å². The number of pyridine rings is 1. The largest absolute Gasteiger partial charge is 0.397 e. The maximum Gasteiger partial charge on any atom is 0.0904 e. The van der Waals surface area contributed by atoms with Gasteiger partial charge in [-0.25, -0.2) is 0 Å². The summed E-state index contributed by atoms with van der Waals surface area (Å²) in [5.41, 5.74) is 7.83. The van der Waals surface area contributed by atoms with Crippen LogP contribution in [0.15, 0.2) is 18.3 Å². The minimum Gasteiger partial charge on any atom is -0.397 e. The summed E-state index contributed by atoms with van der Waals surface area (Å²) >= 11 is 12.1. The number of hydrogen-bond donors (Lipinski definition) is 1. The molecule has 2 aromatic rings. The molecule has 0 aliphatic heterocycles. The third-order valence-corrected chi connectivity index (χ3v) is 2.85. The quantitative estimate of drug-likeness (QED) is 0.748. The Morgan fingerprint density at radius 2 is 2.00 bits per heavy atom. The lowest BCUT2D eigenvalue weighted by Crippen LogP contribution is -1.89. The zero-order valence-corrected chi connectivity index (χ0v) is 9.02. The van der Waals surface area contributed by atoms with Gasteiger partial charge in [0.05, 0.1) is 27.4 Å². The smallest absolute Gasteiger partial charge is 0.0904 e. The number of halogens is 2. The lowest BCUT2D eigenvalue weighted by atomic mass is 10.1. The Labute approximate surface area is 91.6 Å². The van der Waals surface area contributed by atoms with Crippen LogP contribution in [0.3, 0.4) is 0 Å². The van der Waals surface area contributed by atoms with Crippen molar-refractivity contribution in [2.75, 3.05) is 5.73 Å². The average molecular weight is 227 g/mol. The van der Waals surface area contributed by atoms with Crippen molar-refractivity contribution in [3.63, 3.8) is 0 Å². The first-order valence-electron chi connectivity index (χ1n) is 4.09. The first-order chi connectivity index (χ1) is 6.59. The van der Waals surface area contributed by atoms with E-state index in [0.29, 0.717) is 21.2 Å². The molecule has 0 bridgehead atoms. The first-order valence-corrected chi connectivity index (χ1v) is 4.85. The number of fused-ring (bicyclic) bond motifs is 1. The molecule has 0 fully saturated rings. The van der Waals surface area contributed by atoms with Gasteiger partial charge in [0.15, 0.2) is 0 Å². The highest BCUT2D eigenvalue weighted by molar-refractivity contribution is 6.40. The second kappa shape index (κ2) is 3.30. The molecule has 1 aromatic carbocycles. The molecule has 2 N–H and O–H groups in total. The third-order valence-electron chi connectivity index (χ3n) is 2.06. The summed E-state index contributed by atoms with van der Waals surface area (Å²) in [7, 11) is 0. The Morgan fingerprint density at radius 3 is 2.71 bits per heavy atom. The van der Waals surface area contributed by atoms with E-state index in [0.717, 1.165) is 10.9 Å². The number of aromatic nitrogens is 1. The first kappa shape index (κ1) is 9.56. The molecule has 14 heavy (non-hydrogen) atoms. The second-order valence-corrected chi connectivity index (χ2v) is 3.94. The van der Waals surface area contributed by atoms with Gasteiger partial charge in [0, 0.05) is 5.39 Å². The Balaban J connectivity index is 2.95. The topological polar surface area (TPSA) is 38.9 Å². The van der Waals surface area contributed by atoms with Crippen molar-refractivity contribution in [3.05, 3.63) is 33.9 Å². The lowest BCUT2D eigenvalue weighted by Gasteiger charge is -2.05. The highest BCUT2D eigenvalue weighted by Crippen LogP contribution is 2.32. The van der Waals surface area contributed by atoms with Crippen molar-refractivity contribution in [1.29, 1.82) is 0 Å². The van der Waals surface area contributed by atoms with E-state index >= 15 is 0 Å². The Hall–Kier alpha value is -0.990. The molecule has 1 heterocycles. The normalized spacial score (nSPS) is 10.8. The summed E-state index contributed by atoms with van der Waals surface area (Å²) < 4.78 is 0. The summed E-state index contributed by atoms with van der Waals surface area (Å²) in [5, 5.41) is 2.06. The highest BCUT2D eigenvalue weighted by atomic mass is 35.5. The summed E-state index contributed by atoms with van der Waals surface area (Å²) in [6, 6.07) is 3.58. The van der Waals surface area contributed by atoms with Gasteiger partial charge in [-0.3, -0.25) is 4.98 Å². The number of anilines is 1. The average Bonchev–Trinajstić information content (AvgIpc) is 2.14. The van der Waals surface area contributed by atoms with E-state index in [-0.39, 0.29) is 0 Å². The van der Waals surface area contributed by atoms with E-state index in [1.54, 1.807) is 18.3 Å². The third kappa shape index (κ3) is 1.41. The Kier molecular flexibility index (Phi) is 2.25. The molecular weight excluding hydrogens is 219 g/mol. The molecule has 0 amide bonds. The van der Waals surface area contributed by atoms with Crippen LogP contribution in [0.5, 0.6) is 0 Å². The number of nitrogens with zero attached hydrogens (tertiary/aromatic N) is 1. The van der Waals surface area contributed by atoms with Crippen molar-refractivity contribution in [2.24, 2.45) is 0 Å². The molecule has 0 atom stereocenters. The van der Waals surface area contributed by atoms with Gasteiger partial charge in [0.25, 0.3) is 0 Å². The van der Waals surface area contributed by atoms with Gasteiger partial charge in [-0.15, -0.1) is 0 Å². The van der Waals surface area contributed by atoms with Crippen LogP contribution >= 0.6 is 23.2 Å². The minimum absolute atomic E-state index is 0.584. The van der Waals surface area contributed by atoms with Crippen molar-refractivity contribution in [1.82, 2.24) is 4.98 Å². The predicted octanol–water partition coefficient (Wildman–Crippen LogP) is 3.43. The maximum absolute atomic E-state index is 6.12. The lowest BCUT2D eigenvalue weighted by molar-refractivity contribution is 1.39. The van der Waals surface area contributed by atoms with Gasteiger partial charge in [-0.1, -0.05) is 23.2 Å². The molecule has 0 radical (unpaired) electrons. The van der Waals surface area contributed by atoms with E-state index in [4.69, 9.17) is 28.9 Å². The monoisotopic (exact) mass is 226 g/mol. The van der Waals surface area contributed by atoms with E-state index in [9.17, 15) is 0 Å². The van der Waals surface area contributed by atoms with Crippen LogP contribution in [0.25, 0.3) is 10.9 Å². The number of nitrogens with two attached hydrogens (primary N) is 1. The molecule has 0 spiro atoms. The van der Waals surface area contributed by atoms with Crippen molar-refractivity contribution < 1.29 is 0 Å². The van der Waals surface area contributed by atoms with Gasteiger partial charge in [-0.05, 0) is 24.6 Å². The SMILES string of the molecule is Cc1cc(Cl)c2ncc(N)cc2c1Cl. The second-order valence-electron chi connectivity index (χ2n) is 3.15. The molecule has 2 rings (SSSR count). The molecule has 0 saturated carbocycles. The summed E-state index contributed by atoms with van der Waals surface area (Å²) in [6.07, 6.45) is 1.57. The van der Waals surface area contributed by atoms with Gasteiger partial charge < -0.3 is 5.73 Å². The summed E-state index contributed by atoms with van der Waals surface area (Å²) in [4.78, 5) is 4.14. The summed E-state index contributed by atoms with van der Waals surface area (Å²) in [5.74, 6) is 0. The van der Waals surface area contributed by atoms with Crippen molar-refractivity contribution in [3.8, 4) is 0 Å². The number of hydrogen-bond acceptors (Lipinski definition) is 2. The molecule has 0 saturated heterocycles. The fourth-order valence-corrected chi connectivity index (χ4v) is 1.89. The van der Waals surface area contributed by atoms with Gasteiger partial charge in [0.2, 0.25) is 0 Å². The molecule has 0 aliphatic carbocycles. The Morgan fingerprint density at radius 1 is 1.29 bits per heavy atom. The van der Waals surface area contributed by atoms with E-state index in [2.05, 4.69) is 4.98 Å². The molecule has 1 aromatic heterocycles. The molecule has 72 valence electrons. The minimum atomic E-state index is 0.584. The summed E-state index contributed by atoms with van der Waals surface area (Å²) in [6.45, 7) is 1.90.